The maximum atomic E-state index is 13.6. The number of carbonyl (C=O) groups excluding carboxylic acids is 1. The molecule has 1 fully saturated rings. The minimum atomic E-state index is -3.82. The van der Waals surface area contributed by atoms with Crippen molar-refractivity contribution in [2.45, 2.75) is 29.7 Å². The zero-order valence-electron chi connectivity index (χ0n) is 15.9. The molecule has 0 spiro atoms. The van der Waals surface area contributed by atoms with Crippen LogP contribution >= 0.6 is 22.9 Å². The molecular weight excluding hydrogens is 439 g/mol. The first kappa shape index (κ1) is 22.2. The Morgan fingerprint density at radius 3 is 2.76 bits per heavy atom. The van der Waals surface area contributed by atoms with Crippen LogP contribution in [-0.4, -0.2) is 56.4 Å². The molecule has 158 valence electrons. The number of sulfonamides is 1. The Hall–Kier alpha value is -1.52. The summed E-state index contributed by atoms with van der Waals surface area (Å²) in [4.78, 5) is 14.5. The van der Waals surface area contributed by atoms with Gasteiger partial charge in [0, 0.05) is 26.7 Å². The summed E-state index contributed by atoms with van der Waals surface area (Å²) in [5.74, 6) is -0.764. The van der Waals surface area contributed by atoms with Gasteiger partial charge in [0.25, 0.3) is 10.0 Å². The maximum absolute atomic E-state index is 13.6. The molecule has 0 saturated carbocycles. The molecule has 1 amide bonds. The average Bonchev–Trinajstić information content (AvgIpc) is 3.33. The molecule has 2 heterocycles. The van der Waals surface area contributed by atoms with Crippen LogP contribution in [0.2, 0.25) is 4.34 Å². The summed E-state index contributed by atoms with van der Waals surface area (Å²) >= 11 is 6.78. The maximum Gasteiger partial charge on any atom is 0.252 e. The molecule has 0 aliphatic carbocycles. The van der Waals surface area contributed by atoms with Gasteiger partial charge >= 0.3 is 0 Å². The van der Waals surface area contributed by atoms with Crippen LogP contribution in [0.3, 0.4) is 0 Å². The molecule has 10 heteroatoms. The topological polar surface area (TPSA) is 66.9 Å². The molecule has 1 aromatic heterocycles. The number of ether oxygens (including phenoxy) is 1. The van der Waals surface area contributed by atoms with Gasteiger partial charge in [-0.15, -0.1) is 11.3 Å². The van der Waals surface area contributed by atoms with Gasteiger partial charge < -0.3 is 9.64 Å². The number of nitrogens with zero attached hydrogens (tertiary/aromatic N) is 2. The molecule has 0 bridgehead atoms. The second kappa shape index (κ2) is 9.53. The van der Waals surface area contributed by atoms with Crippen molar-refractivity contribution < 1.29 is 22.3 Å². The SMILES string of the molecule is CN(CC(=O)N(Cc1cccc(F)c1)CC1CCCO1)S(=O)(=O)c1ccc(Cl)s1. The highest BCUT2D eigenvalue weighted by Gasteiger charge is 2.28. The van der Waals surface area contributed by atoms with Gasteiger partial charge in [0.1, 0.15) is 10.0 Å². The van der Waals surface area contributed by atoms with E-state index in [9.17, 15) is 17.6 Å². The third-order valence-corrected chi connectivity index (χ3v) is 8.14. The Morgan fingerprint density at radius 2 is 2.14 bits per heavy atom. The number of rotatable bonds is 8. The number of thiophene rings is 1. The molecule has 6 nitrogen and oxygen atoms in total. The molecule has 1 aliphatic rings. The number of benzene rings is 1. The van der Waals surface area contributed by atoms with Crippen molar-refractivity contribution in [1.29, 1.82) is 0 Å². The van der Waals surface area contributed by atoms with Crippen molar-refractivity contribution in [3.63, 3.8) is 0 Å². The highest BCUT2D eigenvalue weighted by molar-refractivity contribution is 7.91. The largest absolute Gasteiger partial charge is 0.376 e. The number of carbonyl (C=O) groups is 1. The van der Waals surface area contributed by atoms with Crippen molar-refractivity contribution in [1.82, 2.24) is 9.21 Å². The zero-order valence-corrected chi connectivity index (χ0v) is 18.3. The Morgan fingerprint density at radius 1 is 1.34 bits per heavy atom. The number of halogens is 2. The Labute approximate surface area is 178 Å². The molecule has 2 aromatic rings. The highest BCUT2D eigenvalue weighted by atomic mass is 35.5. The average molecular weight is 461 g/mol. The van der Waals surface area contributed by atoms with Gasteiger partial charge in [-0.1, -0.05) is 23.7 Å². The standard InChI is InChI=1S/C19H22ClFN2O4S2/c1-22(29(25,26)19-8-7-17(20)28-19)13-18(24)23(12-16-6-3-9-27-16)11-14-4-2-5-15(21)10-14/h2,4-5,7-8,10,16H,3,6,9,11-13H2,1H3. The predicted octanol–water partition coefficient (Wildman–Crippen LogP) is 3.37. The fraction of sp³-hybridized carbons (Fsp3) is 0.421. The fourth-order valence-corrected chi connectivity index (χ4v) is 5.92. The van der Waals surface area contributed by atoms with E-state index < -0.39 is 10.0 Å². The van der Waals surface area contributed by atoms with Gasteiger partial charge in [0.05, 0.1) is 17.0 Å². The van der Waals surface area contributed by atoms with E-state index in [1.807, 2.05) is 0 Å². The minimum Gasteiger partial charge on any atom is -0.376 e. The third-order valence-electron chi connectivity index (χ3n) is 4.63. The number of likely N-dealkylation sites (N-methyl/N-ethyl adjacent to an activating group) is 1. The van der Waals surface area contributed by atoms with E-state index >= 15 is 0 Å². The van der Waals surface area contributed by atoms with Crippen molar-refractivity contribution >= 4 is 38.9 Å². The summed E-state index contributed by atoms with van der Waals surface area (Å²) in [6, 6.07) is 8.93. The predicted molar refractivity (Wildman–Crippen MR) is 110 cm³/mol. The van der Waals surface area contributed by atoms with E-state index in [0.29, 0.717) is 23.1 Å². The van der Waals surface area contributed by atoms with Gasteiger partial charge in [-0.3, -0.25) is 4.79 Å². The summed E-state index contributed by atoms with van der Waals surface area (Å²) in [6.45, 7) is 0.809. The van der Waals surface area contributed by atoms with E-state index in [-0.39, 0.29) is 35.1 Å². The van der Waals surface area contributed by atoms with E-state index in [0.717, 1.165) is 28.5 Å². The molecule has 1 aliphatic heterocycles. The van der Waals surface area contributed by atoms with Gasteiger partial charge in [-0.05, 0) is 42.7 Å². The van der Waals surface area contributed by atoms with Crippen LogP contribution in [0.25, 0.3) is 0 Å². The van der Waals surface area contributed by atoms with E-state index in [1.165, 1.54) is 36.2 Å². The molecular formula is C19H22ClFN2O4S2. The lowest BCUT2D eigenvalue weighted by molar-refractivity contribution is -0.133. The summed E-state index contributed by atoms with van der Waals surface area (Å²) < 4.78 is 46.0. The van der Waals surface area contributed by atoms with Gasteiger partial charge in [0.15, 0.2) is 0 Å². The number of hydrogen-bond donors (Lipinski definition) is 0. The van der Waals surface area contributed by atoms with E-state index in [2.05, 4.69) is 0 Å². The van der Waals surface area contributed by atoms with Crippen molar-refractivity contribution in [3.8, 4) is 0 Å². The molecule has 1 aromatic carbocycles. The summed E-state index contributed by atoms with van der Waals surface area (Å²) in [5.41, 5.74) is 0.631. The van der Waals surface area contributed by atoms with Crippen LogP contribution < -0.4 is 0 Å². The second-order valence-corrected chi connectivity index (χ2v) is 10.8. The first-order chi connectivity index (χ1) is 13.8. The Balaban J connectivity index is 1.74. The number of amides is 1. The monoisotopic (exact) mass is 460 g/mol. The van der Waals surface area contributed by atoms with Crippen LogP contribution in [0.5, 0.6) is 0 Å². The Kier molecular flexibility index (Phi) is 7.28. The molecule has 3 rings (SSSR count). The molecule has 1 saturated heterocycles. The van der Waals surface area contributed by atoms with Crippen LogP contribution in [-0.2, 0) is 26.1 Å². The fourth-order valence-electron chi connectivity index (χ4n) is 3.11. The van der Waals surface area contributed by atoms with E-state index in [4.69, 9.17) is 16.3 Å². The quantitative estimate of drug-likeness (QED) is 0.605. The Bertz CT molecular complexity index is 961. The van der Waals surface area contributed by atoms with E-state index in [1.54, 1.807) is 12.1 Å². The summed E-state index contributed by atoms with van der Waals surface area (Å²) in [7, 11) is -2.47. The van der Waals surface area contributed by atoms with Crippen LogP contribution in [0, 0.1) is 5.82 Å². The molecule has 29 heavy (non-hydrogen) atoms. The second-order valence-electron chi connectivity index (χ2n) is 6.86. The van der Waals surface area contributed by atoms with Gasteiger partial charge in [-0.2, -0.15) is 4.31 Å². The summed E-state index contributed by atoms with van der Waals surface area (Å²) in [6.07, 6.45) is 1.64. The first-order valence-electron chi connectivity index (χ1n) is 9.11. The van der Waals surface area contributed by atoms with Crippen LogP contribution in [0.1, 0.15) is 18.4 Å². The smallest absolute Gasteiger partial charge is 0.252 e. The lowest BCUT2D eigenvalue weighted by atomic mass is 10.1. The lowest BCUT2D eigenvalue weighted by Crippen LogP contribution is -2.43. The van der Waals surface area contributed by atoms with Crippen molar-refractivity contribution in [3.05, 3.63) is 52.1 Å². The minimum absolute atomic E-state index is 0.0774. The molecule has 1 unspecified atom stereocenters. The summed E-state index contributed by atoms with van der Waals surface area (Å²) in [5, 5.41) is 0. The molecule has 0 N–H and O–H groups in total. The van der Waals surface area contributed by atoms with Gasteiger partial charge in [-0.25, -0.2) is 12.8 Å². The molecule has 0 radical (unpaired) electrons. The third kappa shape index (κ3) is 5.76. The zero-order chi connectivity index (χ0) is 21.0. The normalized spacial score (nSPS) is 17.0. The van der Waals surface area contributed by atoms with Crippen molar-refractivity contribution in [2.75, 3.05) is 26.7 Å². The van der Waals surface area contributed by atoms with Crippen LogP contribution in [0.15, 0.2) is 40.6 Å². The number of hydrogen-bond acceptors (Lipinski definition) is 5. The lowest BCUT2D eigenvalue weighted by Gasteiger charge is -2.27. The van der Waals surface area contributed by atoms with Crippen molar-refractivity contribution in [2.24, 2.45) is 0 Å². The first-order valence-corrected chi connectivity index (χ1v) is 11.7. The molecule has 1 atom stereocenters. The van der Waals surface area contributed by atoms with Crippen LogP contribution in [0.4, 0.5) is 4.39 Å². The van der Waals surface area contributed by atoms with Gasteiger partial charge in [0.2, 0.25) is 5.91 Å². The highest BCUT2D eigenvalue weighted by Crippen LogP contribution is 2.27.